The molecule has 4 rings (SSSR count). The van der Waals surface area contributed by atoms with Gasteiger partial charge in [-0.25, -0.2) is 0 Å². The van der Waals surface area contributed by atoms with Crippen molar-refractivity contribution in [3.05, 3.63) is 58.7 Å². The summed E-state index contributed by atoms with van der Waals surface area (Å²) in [6.07, 6.45) is 0. The van der Waals surface area contributed by atoms with Crippen LogP contribution in [0.25, 0.3) is 0 Å². The SMILES string of the molecule is CCN1COc2ccc(C(C)(C)c3ccc4c(c3)CNCO4)cc2C1. The molecule has 0 spiro atoms. The van der Waals surface area contributed by atoms with Crippen molar-refractivity contribution in [1.82, 2.24) is 10.2 Å². The largest absolute Gasteiger partial charge is 0.478 e. The molecule has 0 aromatic heterocycles. The number of benzene rings is 2. The zero-order valence-electron chi connectivity index (χ0n) is 15.3. The van der Waals surface area contributed by atoms with Crippen molar-refractivity contribution < 1.29 is 9.47 Å². The molecule has 2 aliphatic heterocycles. The van der Waals surface area contributed by atoms with Crippen molar-refractivity contribution in [3.8, 4) is 11.5 Å². The Hall–Kier alpha value is -2.04. The number of nitrogens with zero attached hydrogens (tertiary/aromatic N) is 1. The van der Waals surface area contributed by atoms with Crippen molar-refractivity contribution in [2.75, 3.05) is 20.0 Å². The first-order chi connectivity index (χ1) is 12.1. The quantitative estimate of drug-likeness (QED) is 0.927. The van der Waals surface area contributed by atoms with Crippen LogP contribution in [-0.4, -0.2) is 24.9 Å². The normalized spacial score (nSPS) is 17.2. The summed E-state index contributed by atoms with van der Waals surface area (Å²) in [4.78, 5) is 2.31. The van der Waals surface area contributed by atoms with Gasteiger partial charge in [0.1, 0.15) is 25.0 Å². The Morgan fingerprint density at radius 3 is 2.40 bits per heavy atom. The highest BCUT2D eigenvalue weighted by atomic mass is 16.5. The number of nitrogens with one attached hydrogen (secondary N) is 1. The van der Waals surface area contributed by atoms with Gasteiger partial charge in [0.15, 0.2) is 0 Å². The Labute approximate surface area is 149 Å². The maximum absolute atomic E-state index is 5.88. The first-order valence-electron chi connectivity index (χ1n) is 9.03. The second-order valence-electron chi connectivity index (χ2n) is 7.40. The summed E-state index contributed by atoms with van der Waals surface area (Å²) >= 11 is 0. The van der Waals surface area contributed by atoms with E-state index in [9.17, 15) is 0 Å². The first-order valence-corrected chi connectivity index (χ1v) is 9.03. The van der Waals surface area contributed by atoms with Gasteiger partial charge in [0.05, 0.1) is 0 Å². The van der Waals surface area contributed by atoms with E-state index in [1.807, 2.05) is 0 Å². The molecule has 2 heterocycles. The van der Waals surface area contributed by atoms with Crippen LogP contribution >= 0.6 is 0 Å². The van der Waals surface area contributed by atoms with E-state index in [-0.39, 0.29) is 5.41 Å². The van der Waals surface area contributed by atoms with E-state index in [1.165, 1.54) is 22.3 Å². The van der Waals surface area contributed by atoms with Crippen LogP contribution in [0.15, 0.2) is 36.4 Å². The van der Waals surface area contributed by atoms with Crippen molar-refractivity contribution in [3.63, 3.8) is 0 Å². The third kappa shape index (κ3) is 3.00. The lowest BCUT2D eigenvalue weighted by Gasteiger charge is -2.32. The summed E-state index contributed by atoms with van der Waals surface area (Å²) in [5.74, 6) is 2.02. The molecular weight excluding hydrogens is 312 g/mol. The molecule has 0 unspecified atom stereocenters. The Morgan fingerprint density at radius 2 is 1.68 bits per heavy atom. The molecular formula is C21H26N2O2. The Balaban J connectivity index is 1.68. The van der Waals surface area contributed by atoms with Gasteiger partial charge in [-0.05, 0) is 41.9 Å². The van der Waals surface area contributed by atoms with E-state index >= 15 is 0 Å². The average molecular weight is 338 g/mol. The predicted molar refractivity (Wildman–Crippen MR) is 98.9 cm³/mol. The highest BCUT2D eigenvalue weighted by Gasteiger charge is 2.27. The standard InChI is InChI=1S/C21H26N2O2/c1-4-23-12-16-10-18(6-8-20(16)25-14-23)21(2,3)17-5-7-19-15(9-17)11-22-13-24-19/h5-10,22H,4,11-14H2,1-3H3. The third-order valence-corrected chi connectivity index (χ3v) is 5.45. The van der Waals surface area contributed by atoms with Crippen LogP contribution in [-0.2, 0) is 18.5 Å². The maximum atomic E-state index is 5.88. The average Bonchev–Trinajstić information content (AvgIpc) is 2.66. The van der Waals surface area contributed by atoms with E-state index < -0.39 is 0 Å². The van der Waals surface area contributed by atoms with E-state index in [1.54, 1.807) is 0 Å². The number of fused-ring (bicyclic) bond motifs is 2. The number of hydrogen-bond donors (Lipinski definition) is 1. The van der Waals surface area contributed by atoms with Gasteiger partial charge in [-0.1, -0.05) is 32.9 Å². The van der Waals surface area contributed by atoms with Gasteiger partial charge in [-0.15, -0.1) is 0 Å². The molecule has 0 bridgehead atoms. The number of ether oxygens (including phenoxy) is 2. The Morgan fingerprint density at radius 1 is 1.00 bits per heavy atom. The molecule has 2 aliphatic rings. The molecule has 0 aliphatic carbocycles. The predicted octanol–water partition coefficient (Wildman–Crippen LogP) is 3.62. The zero-order valence-corrected chi connectivity index (χ0v) is 15.3. The molecule has 2 aromatic rings. The molecule has 132 valence electrons. The van der Waals surface area contributed by atoms with Crippen LogP contribution in [0.3, 0.4) is 0 Å². The van der Waals surface area contributed by atoms with Crippen LogP contribution in [0.2, 0.25) is 0 Å². The van der Waals surface area contributed by atoms with E-state index in [2.05, 4.69) is 67.4 Å². The highest BCUT2D eigenvalue weighted by Crippen LogP contribution is 2.37. The molecule has 0 amide bonds. The second-order valence-corrected chi connectivity index (χ2v) is 7.40. The van der Waals surface area contributed by atoms with Gasteiger partial charge >= 0.3 is 0 Å². The van der Waals surface area contributed by atoms with E-state index in [0.717, 1.165) is 31.1 Å². The fraction of sp³-hybridized carbons (Fsp3) is 0.429. The van der Waals surface area contributed by atoms with Crippen LogP contribution in [0.1, 0.15) is 43.0 Å². The lowest BCUT2D eigenvalue weighted by Crippen LogP contribution is -2.32. The van der Waals surface area contributed by atoms with Gasteiger partial charge in [0.2, 0.25) is 0 Å². The molecule has 1 N–H and O–H groups in total. The zero-order chi connectivity index (χ0) is 17.4. The minimum Gasteiger partial charge on any atom is -0.478 e. The summed E-state index contributed by atoms with van der Waals surface area (Å²) in [6.45, 7) is 10.8. The number of hydrogen-bond acceptors (Lipinski definition) is 4. The molecule has 0 radical (unpaired) electrons. The molecule has 0 saturated carbocycles. The van der Waals surface area contributed by atoms with Crippen LogP contribution < -0.4 is 14.8 Å². The molecule has 0 fully saturated rings. The number of rotatable bonds is 3. The fourth-order valence-corrected chi connectivity index (χ4v) is 3.61. The summed E-state index contributed by atoms with van der Waals surface area (Å²) < 4.78 is 11.5. The molecule has 4 heteroatoms. The van der Waals surface area contributed by atoms with Crippen molar-refractivity contribution in [1.29, 1.82) is 0 Å². The van der Waals surface area contributed by atoms with Gasteiger partial charge in [-0.3, -0.25) is 10.2 Å². The third-order valence-electron chi connectivity index (χ3n) is 5.45. The summed E-state index contributed by atoms with van der Waals surface area (Å²) in [7, 11) is 0. The van der Waals surface area contributed by atoms with Crippen LogP contribution in [0, 0.1) is 0 Å². The van der Waals surface area contributed by atoms with E-state index in [0.29, 0.717) is 13.5 Å². The van der Waals surface area contributed by atoms with Crippen LogP contribution in [0.5, 0.6) is 11.5 Å². The lowest BCUT2D eigenvalue weighted by atomic mass is 9.77. The lowest BCUT2D eigenvalue weighted by molar-refractivity contribution is 0.101. The summed E-state index contributed by atoms with van der Waals surface area (Å²) in [6, 6.07) is 13.2. The van der Waals surface area contributed by atoms with Gasteiger partial charge in [0, 0.05) is 29.6 Å². The van der Waals surface area contributed by atoms with Gasteiger partial charge in [-0.2, -0.15) is 0 Å². The monoisotopic (exact) mass is 338 g/mol. The molecule has 0 saturated heterocycles. The topological polar surface area (TPSA) is 33.7 Å². The highest BCUT2D eigenvalue weighted by molar-refractivity contribution is 5.48. The van der Waals surface area contributed by atoms with Crippen molar-refractivity contribution in [2.45, 2.75) is 39.3 Å². The van der Waals surface area contributed by atoms with Gasteiger partial charge in [0.25, 0.3) is 0 Å². The Kier molecular flexibility index (Phi) is 4.18. The van der Waals surface area contributed by atoms with E-state index in [4.69, 9.17) is 9.47 Å². The first kappa shape index (κ1) is 16.4. The second kappa shape index (κ2) is 6.36. The van der Waals surface area contributed by atoms with Crippen LogP contribution in [0.4, 0.5) is 0 Å². The van der Waals surface area contributed by atoms with Crippen molar-refractivity contribution in [2.24, 2.45) is 0 Å². The maximum Gasteiger partial charge on any atom is 0.142 e. The fourth-order valence-electron chi connectivity index (χ4n) is 3.61. The molecule has 2 aromatic carbocycles. The van der Waals surface area contributed by atoms with Crippen molar-refractivity contribution >= 4 is 0 Å². The van der Waals surface area contributed by atoms with Gasteiger partial charge < -0.3 is 9.47 Å². The summed E-state index contributed by atoms with van der Waals surface area (Å²) in [5.41, 5.74) is 5.06. The molecule has 0 atom stereocenters. The molecule has 4 nitrogen and oxygen atoms in total. The minimum absolute atomic E-state index is 0.0734. The minimum atomic E-state index is -0.0734. The molecule has 25 heavy (non-hydrogen) atoms. The summed E-state index contributed by atoms with van der Waals surface area (Å²) in [5, 5.41) is 3.27. The Bertz CT molecular complexity index is 785. The smallest absolute Gasteiger partial charge is 0.142 e.